The number of hydrogen-bond acceptors (Lipinski definition) is 3. The Morgan fingerprint density at radius 1 is 1.54 bits per heavy atom. The number of aliphatic hydroxyl groups is 1. The Hall–Kier alpha value is -0.640. The van der Waals surface area contributed by atoms with E-state index in [1.54, 1.807) is 6.92 Å². The SMILES string of the molecule is CCCC[C@](O)(CC)C(C)[N+](=O)[O-]. The third-order valence-corrected chi connectivity index (χ3v) is 2.67. The second kappa shape index (κ2) is 5.17. The van der Waals surface area contributed by atoms with Gasteiger partial charge in [-0.05, 0) is 12.8 Å². The van der Waals surface area contributed by atoms with E-state index in [0.29, 0.717) is 12.8 Å². The van der Waals surface area contributed by atoms with Crippen molar-refractivity contribution in [2.75, 3.05) is 0 Å². The Balaban J connectivity index is 4.33. The lowest BCUT2D eigenvalue weighted by Gasteiger charge is -2.27. The zero-order chi connectivity index (χ0) is 10.5. The van der Waals surface area contributed by atoms with Gasteiger partial charge in [0.1, 0.15) is 5.60 Å². The van der Waals surface area contributed by atoms with Gasteiger partial charge in [0.05, 0.1) is 0 Å². The van der Waals surface area contributed by atoms with Crippen LogP contribution in [0.4, 0.5) is 0 Å². The average molecular weight is 189 g/mol. The van der Waals surface area contributed by atoms with Gasteiger partial charge in [-0.1, -0.05) is 26.7 Å². The zero-order valence-electron chi connectivity index (χ0n) is 8.62. The molecular weight excluding hydrogens is 170 g/mol. The molecule has 1 N–H and O–H groups in total. The highest BCUT2D eigenvalue weighted by Crippen LogP contribution is 2.24. The fourth-order valence-corrected chi connectivity index (χ4v) is 1.36. The van der Waals surface area contributed by atoms with E-state index in [-0.39, 0.29) is 0 Å². The molecule has 1 unspecified atom stereocenters. The smallest absolute Gasteiger partial charge is 0.238 e. The molecule has 0 spiro atoms. The zero-order valence-corrected chi connectivity index (χ0v) is 8.62. The van der Waals surface area contributed by atoms with E-state index in [2.05, 4.69) is 0 Å². The molecule has 0 saturated carbocycles. The average Bonchev–Trinajstić information content (AvgIpc) is 2.12. The summed E-state index contributed by atoms with van der Waals surface area (Å²) in [4.78, 5) is 10.1. The normalized spacial score (nSPS) is 17.8. The number of rotatable bonds is 6. The number of unbranched alkanes of at least 4 members (excludes halogenated alkanes) is 1. The second-order valence-electron chi connectivity index (χ2n) is 3.52. The van der Waals surface area contributed by atoms with Crippen molar-refractivity contribution in [1.29, 1.82) is 0 Å². The van der Waals surface area contributed by atoms with Gasteiger partial charge >= 0.3 is 0 Å². The molecule has 4 heteroatoms. The number of hydrogen-bond donors (Lipinski definition) is 1. The lowest BCUT2D eigenvalue weighted by molar-refractivity contribution is -0.541. The van der Waals surface area contributed by atoms with E-state index in [4.69, 9.17) is 0 Å². The maximum atomic E-state index is 10.5. The molecule has 0 bridgehead atoms. The summed E-state index contributed by atoms with van der Waals surface area (Å²) in [6, 6.07) is -0.871. The summed E-state index contributed by atoms with van der Waals surface area (Å²) in [6.45, 7) is 5.27. The Morgan fingerprint density at radius 3 is 2.38 bits per heavy atom. The van der Waals surface area contributed by atoms with Crippen LogP contribution in [0.25, 0.3) is 0 Å². The van der Waals surface area contributed by atoms with E-state index >= 15 is 0 Å². The molecule has 0 aliphatic carbocycles. The highest BCUT2D eigenvalue weighted by Gasteiger charge is 2.39. The molecule has 0 aliphatic rings. The van der Waals surface area contributed by atoms with Gasteiger partial charge in [0, 0.05) is 11.8 Å². The summed E-state index contributed by atoms with van der Waals surface area (Å²) in [5, 5.41) is 20.5. The Morgan fingerprint density at radius 2 is 2.08 bits per heavy atom. The fourth-order valence-electron chi connectivity index (χ4n) is 1.36. The van der Waals surface area contributed by atoms with Crippen molar-refractivity contribution in [1.82, 2.24) is 0 Å². The van der Waals surface area contributed by atoms with Gasteiger partial charge in [0.15, 0.2) is 0 Å². The van der Waals surface area contributed by atoms with Crippen molar-refractivity contribution >= 4 is 0 Å². The van der Waals surface area contributed by atoms with E-state index in [0.717, 1.165) is 12.8 Å². The third kappa shape index (κ3) is 3.30. The van der Waals surface area contributed by atoms with Crippen molar-refractivity contribution in [2.45, 2.75) is 58.1 Å². The van der Waals surface area contributed by atoms with Crippen LogP contribution in [-0.4, -0.2) is 21.7 Å². The van der Waals surface area contributed by atoms with Gasteiger partial charge in [-0.25, -0.2) is 0 Å². The van der Waals surface area contributed by atoms with Crippen molar-refractivity contribution in [2.24, 2.45) is 0 Å². The highest BCUT2D eigenvalue weighted by molar-refractivity contribution is 4.82. The van der Waals surface area contributed by atoms with Crippen molar-refractivity contribution < 1.29 is 10.0 Å². The summed E-state index contributed by atoms with van der Waals surface area (Å²) in [5.41, 5.74) is -1.13. The van der Waals surface area contributed by atoms with Crippen LogP contribution in [0.15, 0.2) is 0 Å². The van der Waals surface area contributed by atoms with Gasteiger partial charge < -0.3 is 5.11 Å². The Labute approximate surface area is 79.1 Å². The van der Waals surface area contributed by atoms with Gasteiger partial charge in [0.2, 0.25) is 6.04 Å². The lowest BCUT2D eigenvalue weighted by Crippen LogP contribution is -2.44. The van der Waals surface area contributed by atoms with Crippen LogP contribution in [0.2, 0.25) is 0 Å². The predicted octanol–water partition coefficient (Wildman–Crippen LogP) is 1.98. The summed E-state index contributed by atoms with van der Waals surface area (Å²) in [7, 11) is 0. The molecule has 2 atom stereocenters. The second-order valence-corrected chi connectivity index (χ2v) is 3.52. The first-order valence-corrected chi connectivity index (χ1v) is 4.83. The monoisotopic (exact) mass is 189 g/mol. The van der Waals surface area contributed by atoms with Crippen molar-refractivity contribution in [3.63, 3.8) is 0 Å². The van der Waals surface area contributed by atoms with Crippen LogP contribution in [0, 0.1) is 10.1 Å². The number of nitro groups is 1. The Bertz CT molecular complexity index is 172. The first kappa shape index (κ1) is 12.4. The van der Waals surface area contributed by atoms with Crippen molar-refractivity contribution in [3.8, 4) is 0 Å². The van der Waals surface area contributed by atoms with Crippen molar-refractivity contribution in [3.05, 3.63) is 10.1 Å². The maximum absolute atomic E-state index is 10.5. The summed E-state index contributed by atoms with van der Waals surface area (Å²) in [6.07, 6.45) is 2.74. The quantitative estimate of drug-likeness (QED) is 0.513. The molecule has 13 heavy (non-hydrogen) atoms. The van der Waals surface area contributed by atoms with Crippen LogP contribution in [-0.2, 0) is 0 Å². The molecule has 0 aromatic heterocycles. The van der Waals surface area contributed by atoms with Gasteiger partial charge in [-0.15, -0.1) is 0 Å². The fraction of sp³-hybridized carbons (Fsp3) is 1.00. The molecule has 0 saturated heterocycles. The topological polar surface area (TPSA) is 63.4 Å². The largest absolute Gasteiger partial charge is 0.383 e. The van der Waals surface area contributed by atoms with Gasteiger partial charge in [-0.3, -0.25) is 10.1 Å². The first-order chi connectivity index (χ1) is 5.98. The molecule has 0 amide bonds. The predicted molar refractivity (Wildman–Crippen MR) is 51.2 cm³/mol. The third-order valence-electron chi connectivity index (χ3n) is 2.67. The van der Waals surface area contributed by atoms with Crippen LogP contribution in [0.1, 0.15) is 46.5 Å². The van der Waals surface area contributed by atoms with Crippen LogP contribution in [0.3, 0.4) is 0 Å². The van der Waals surface area contributed by atoms with E-state index in [1.165, 1.54) is 6.92 Å². The Kier molecular flexibility index (Phi) is 4.91. The molecule has 0 rings (SSSR count). The van der Waals surface area contributed by atoms with Gasteiger partial charge in [-0.2, -0.15) is 0 Å². The molecule has 0 radical (unpaired) electrons. The molecule has 4 nitrogen and oxygen atoms in total. The van der Waals surface area contributed by atoms with E-state index < -0.39 is 16.6 Å². The first-order valence-electron chi connectivity index (χ1n) is 4.83. The summed E-state index contributed by atoms with van der Waals surface area (Å²) >= 11 is 0. The summed E-state index contributed by atoms with van der Waals surface area (Å²) < 4.78 is 0. The summed E-state index contributed by atoms with van der Waals surface area (Å²) in [5.74, 6) is 0. The minimum atomic E-state index is -1.13. The van der Waals surface area contributed by atoms with Crippen LogP contribution in [0.5, 0.6) is 0 Å². The molecule has 0 aliphatic heterocycles. The standard InChI is InChI=1S/C9H19NO3/c1-4-6-7-9(11,5-2)8(3)10(12)13/h8,11H,4-7H2,1-3H3/t8?,9-/m1/s1. The number of nitrogens with zero attached hydrogens (tertiary/aromatic N) is 1. The van der Waals surface area contributed by atoms with E-state index in [9.17, 15) is 15.2 Å². The van der Waals surface area contributed by atoms with Crippen LogP contribution < -0.4 is 0 Å². The molecule has 0 aromatic rings. The van der Waals surface area contributed by atoms with Gasteiger partial charge in [0.25, 0.3) is 0 Å². The van der Waals surface area contributed by atoms with E-state index in [1.807, 2.05) is 6.92 Å². The molecule has 0 fully saturated rings. The molecule has 0 aromatic carbocycles. The molecule has 0 heterocycles. The minimum absolute atomic E-state index is 0.404. The lowest BCUT2D eigenvalue weighted by atomic mass is 9.87. The molecule has 78 valence electrons. The molecular formula is C9H19NO3. The maximum Gasteiger partial charge on any atom is 0.238 e. The van der Waals surface area contributed by atoms with Crippen LogP contribution >= 0.6 is 0 Å². The highest BCUT2D eigenvalue weighted by atomic mass is 16.6. The minimum Gasteiger partial charge on any atom is -0.383 e.